The number of benzene rings is 2. The predicted octanol–water partition coefficient (Wildman–Crippen LogP) is 3.46. The summed E-state index contributed by atoms with van der Waals surface area (Å²) in [5.74, 6) is 2.08. The van der Waals surface area contributed by atoms with Crippen LogP contribution in [-0.4, -0.2) is 28.8 Å². The Morgan fingerprint density at radius 2 is 1.92 bits per heavy atom. The molecule has 0 radical (unpaired) electrons. The molecule has 3 aromatic rings. The van der Waals surface area contributed by atoms with Crippen molar-refractivity contribution in [3.05, 3.63) is 71.4 Å². The predicted molar refractivity (Wildman–Crippen MR) is 104 cm³/mol. The first kappa shape index (κ1) is 17.7. The minimum absolute atomic E-state index is 0.516. The first-order valence-corrected chi connectivity index (χ1v) is 8.59. The van der Waals surface area contributed by atoms with Crippen LogP contribution in [0.5, 0.6) is 5.75 Å². The molecule has 6 nitrogen and oxygen atoms in total. The van der Waals surface area contributed by atoms with E-state index in [4.69, 9.17) is 4.74 Å². The normalized spacial score (nSPS) is 10.4. The summed E-state index contributed by atoms with van der Waals surface area (Å²) in [6, 6.07) is 16.3. The Hall–Kier alpha value is -3.15. The van der Waals surface area contributed by atoms with Gasteiger partial charge in [-0.2, -0.15) is 10.1 Å². The van der Waals surface area contributed by atoms with Crippen LogP contribution in [-0.2, 0) is 13.0 Å². The van der Waals surface area contributed by atoms with Gasteiger partial charge in [0.25, 0.3) is 0 Å². The third-order valence-corrected chi connectivity index (χ3v) is 4.11. The lowest BCUT2D eigenvalue weighted by atomic mass is 10.1. The molecular weight excluding hydrogens is 326 g/mol. The minimum atomic E-state index is 0.516. The van der Waals surface area contributed by atoms with E-state index in [1.165, 1.54) is 16.7 Å². The lowest BCUT2D eigenvalue weighted by molar-refractivity contribution is 0.414. The quantitative estimate of drug-likeness (QED) is 0.649. The van der Waals surface area contributed by atoms with Gasteiger partial charge in [-0.05, 0) is 42.2 Å². The maximum atomic E-state index is 5.24. The molecule has 3 rings (SSSR count). The highest BCUT2D eigenvalue weighted by molar-refractivity contribution is 5.39. The largest absolute Gasteiger partial charge is 0.497 e. The number of aryl methyl sites for hydroxylation is 1. The van der Waals surface area contributed by atoms with Crippen LogP contribution in [0.15, 0.2) is 54.7 Å². The van der Waals surface area contributed by atoms with E-state index >= 15 is 0 Å². The lowest BCUT2D eigenvalue weighted by Crippen LogP contribution is -2.11. The van der Waals surface area contributed by atoms with E-state index in [9.17, 15) is 0 Å². The Labute approximate surface area is 153 Å². The Morgan fingerprint density at radius 3 is 2.77 bits per heavy atom. The van der Waals surface area contributed by atoms with Gasteiger partial charge >= 0.3 is 0 Å². The number of nitrogens with one attached hydrogen (secondary N) is 2. The highest BCUT2D eigenvalue weighted by Gasteiger charge is 2.02. The molecule has 0 unspecified atom stereocenters. The van der Waals surface area contributed by atoms with Gasteiger partial charge in [0.05, 0.1) is 13.3 Å². The summed E-state index contributed by atoms with van der Waals surface area (Å²) in [4.78, 5) is 4.46. The first-order chi connectivity index (χ1) is 12.7. The second-order valence-electron chi connectivity index (χ2n) is 5.97. The van der Waals surface area contributed by atoms with Gasteiger partial charge in [0.2, 0.25) is 5.95 Å². The summed E-state index contributed by atoms with van der Waals surface area (Å²) in [6.07, 6.45) is 2.48. The Kier molecular flexibility index (Phi) is 5.98. The van der Waals surface area contributed by atoms with Crippen LogP contribution in [0.2, 0.25) is 0 Å². The van der Waals surface area contributed by atoms with Gasteiger partial charge in [-0.3, -0.25) is 0 Å². The third-order valence-electron chi connectivity index (χ3n) is 4.11. The van der Waals surface area contributed by atoms with Gasteiger partial charge in [0.15, 0.2) is 5.82 Å². The summed E-state index contributed by atoms with van der Waals surface area (Å²) >= 11 is 0. The number of anilines is 2. The lowest BCUT2D eigenvalue weighted by Gasteiger charge is -2.09. The first-order valence-electron chi connectivity index (χ1n) is 8.59. The molecule has 0 bridgehead atoms. The maximum Gasteiger partial charge on any atom is 0.244 e. The highest BCUT2D eigenvalue weighted by Crippen LogP contribution is 2.13. The Morgan fingerprint density at radius 1 is 1.04 bits per heavy atom. The summed E-state index contributed by atoms with van der Waals surface area (Å²) in [5, 5.41) is 14.6. The van der Waals surface area contributed by atoms with Gasteiger partial charge in [-0.25, -0.2) is 0 Å². The van der Waals surface area contributed by atoms with Gasteiger partial charge in [0, 0.05) is 13.1 Å². The van der Waals surface area contributed by atoms with E-state index in [1.807, 2.05) is 30.3 Å². The summed E-state index contributed by atoms with van der Waals surface area (Å²) in [6.45, 7) is 3.52. The van der Waals surface area contributed by atoms with Crippen molar-refractivity contribution in [1.29, 1.82) is 0 Å². The van der Waals surface area contributed by atoms with Gasteiger partial charge < -0.3 is 15.4 Å². The average molecular weight is 349 g/mol. The zero-order valence-electron chi connectivity index (χ0n) is 15.1. The molecule has 2 aromatic carbocycles. The molecule has 0 aliphatic heterocycles. The zero-order chi connectivity index (χ0) is 18.2. The highest BCUT2D eigenvalue weighted by atomic mass is 16.5. The SMILES string of the molecule is COc1cccc(CCNc2nncc(NCc3ccccc3C)n2)c1. The van der Waals surface area contributed by atoms with Crippen molar-refractivity contribution in [3.8, 4) is 5.75 Å². The van der Waals surface area contributed by atoms with E-state index in [-0.39, 0.29) is 0 Å². The van der Waals surface area contributed by atoms with Gasteiger partial charge in [-0.15, -0.1) is 5.10 Å². The molecule has 6 heteroatoms. The molecule has 1 heterocycles. The van der Waals surface area contributed by atoms with Crippen LogP contribution in [0, 0.1) is 6.92 Å². The molecular formula is C20H23N5O. The average Bonchev–Trinajstić information content (AvgIpc) is 2.68. The van der Waals surface area contributed by atoms with Crippen LogP contribution in [0.1, 0.15) is 16.7 Å². The van der Waals surface area contributed by atoms with Crippen LogP contribution in [0.3, 0.4) is 0 Å². The fraction of sp³-hybridized carbons (Fsp3) is 0.250. The number of methoxy groups -OCH3 is 1. The van der Waals surface area contributed by atoms with Crippen molar-refractivity contribution in [1.82, 2.24) is 15.2 Å². The summed E-state index contributed by atoms with van der Waals surface area (Å²) in [7, 11) is 1.67. The Balaban J connectivity index is 1.53. The van der Waals surface area contributed by atoms with Gasteiger partial charge in [0.1, 0.15) is 5.75 Å². The molecule has 2 N–H and O–H groups in total. The minimum Gasteiger partial charge on any atom is -0.497 e. The van der Waals surface area contributed by atoms with Crippen molar-refractivity contribution in [3.63, 3.8) is 0 Å². The summed E-state index contributed by atoms with van der Waals surface area (Å²) in [5.41, 5.74) is 3.68. The van der Waals surface area contributed by atoms with Crippen LogP contribution in [0.4, 0.5) is 11.8 Å². The fourth-order valence-electron chi connectivity index (χ4n) is 2.60. The number of rotatable bonds is 8. The van der Waals surface area contributed by atoms with Crippen LogP contribution >= 0.6 is 0 Å². The van der Waals surface area contributed by atoms with E-state index in [2.05, 4.69) is 50.9 Å². The smallest absolute Gasteiger partial charge is 0.244 e. The fourth-order valence-corrected chi connectivity index (χ4v) is 2.60. The molecule has 134 valence electrons. The standard InChI is InChI=1S/C20H23N5O/c1-15-6-3-4-8-17(15)13-22-19-14-23-25-20(24-19)21-11-10-16-7-5-9-18(12-16)26-2/h3-9,12,14H,10-11,13H2,1-2H3,(H2,21,22,24,25). The van der Waals surface area contributed by atoms with E-state index in [0.717, 1.165) is 18.7 Å². The second kappa shape index (κ2) is 8.80. The molecule has 0 fully saturated rings. The second-order valence-corrected chi connectivity index (χ2v) is 5.97. The van der Waals surface area contributed by atoms with E-state index in [0.29, 0.717) is 18.3 Å². The molecule has 0 aliphatic rings. The maximum absolute atomic E-state index is 5.24. The molecule has 26 heavy (non-hydrogen) atoms. The van der Waals surface area contributed by atoms with Crippen molar-refractivity contribution in [2.45, 2.75) is 19.9 Å². The van der Waals surface area contributed by atoms with Crippen molar-refractivity contribution < 1.29 is 4.74 Å². The summed E-state index contributed by atoms with van der Waals surface area (Å²) < 4.78 is 5.24. The van der Waals surface area contributed by atoms with Crippen molar-refractivity contribution >= 4 is 11.8 Å². The Bertz CT molecular complexity index is 853. The molecule has 0 saturated heterocycles. The van der Waals surface area contributed by atoms with E-state index < -0.39 is 0 Å². The molecule has 0 amide bonds. The molecule has 1 aromatic heterocycles. The molecule has 0 saturated carbocycles. The molecule has 0 aliphatic carbocycles. The van der Waals surface area contributed by atoms with Gasteiger partial charge in [-0.1, -0.05) is 36.4 Å². The monoisotopic (exact) mass is 349 g/mol. The van der Waals surface area contributed by atoms with Crippen LogP contribution < -0.4 is 15.4 Å². The zero-order valence-corrected chi connectivity index (χ0v) is 15.1. The number of hydrogen-bond donors (Lipinski definition) is 2. The number of ether oxygens (including phenoxy) is 1. The van der Waals surface area contributed by atoms with Crippen molar-refractivity contribution in [2.24, 2.45) is 0 Å². The number of nitrogens with zero attached hydrogens (tertiary/aromatic N) is 3. The molecule has 0 spiro atoms. The molecule has 0 atom stereocenters. The number of aromatic nitrogens is 3. The van der Waals surface area contributed by atoms with E-state index in [1.54, 1.807) is 13.3 Å². The number of hydrogen-bond acceptors (Lipinski definition) is 6. The van der Waals surface area contributed by atoms with Crippen LogP contribution in [0.25, 0.3) is 0 Å². The topological polar surface area (TPSA) is 72.0 Å². The third kappa shape index (κ3) is 4.92. The van der Waals surface area contributed by atoms with Crippen molar-refractivity contribution in [2.75, 3.05) is 24.3 Å².